The van der Waals surface area contributed by atoms with E-state index in [0.29, 0.717) is 6.61 Å². The first-order chi connectivity index (χ1) is 10.0. The minimum absolute atomic E-state index is 0.0955. The minimum atomic E-state index is -0.0955. The summed E-state index contributed by atoms with van der Waals surface area (Å²) in [5.41, 5.74) is 7.95. The zero-order chi connectivity index (χ0) is 15.4. The summed E-state index contributed by atoms with van der Waals surface area (Å²) in [7, 11) is 1.65. The van der Waals surface area contributed by atoms with Crippen LogP contribution in [0.25, 0.3) is 0 Å². The minimum Gasteiger partial charge on any atom is -0.496 e. The van der Waals surface area contributed by atoms with E-state index < -0.39 is 0 Å². The van der Waals surface area contributed by atoms with Gasteiger partial charge in [0.2, 0.25) is 0 Å². The van der Waals surface area contributed by atoms with Crippen molar-refractivity contribution in [1.82, 2.24) is 0 Å². The Morgan fingerprint density at radius 3 is 2.29 bits per heavy atom. The summed E-state index contributed by atoms with van der Waals surface area (Å²) in [5, 5.41) is 0. The van der Waals surface area contributed by atoms with Gasteiger partial charge in [-0.1, -0.05) is 31.9 Å². The molecule has 0 saturated carbocycles. The van der Waals surface area contributed by atoms with Crippen molar-refractivity contribution in [3.05, 3.63) is 56.5 Å². The molecular weight excluding hydrogens is 398 g/mol. The third-order valence-corrected chi connectivity index (χ3v) is 4.07. The number of halogens is 2. The van der Waals surface area contributed by atoms with Crippen molar-refractivity contribution in [1.29, 1.82) is 0 Å². The van der Waals surface area contributed by atoms with E-state index in [4.69, 9.17) is 15.2 Å². The Labute approximate surface area is 141 Å². The second kappa shape index (κ2) is 7.29. The zero-order valence-electron chi connectivity index (χ0n) is 11.9. The molecular formula is C16H17Br2NO2. The second-order valence-corrected chi connectivity index (χ2v) is 6.55. The van der Waals surface area contributed by atoms with Crippen LogP contribution < -0.4 is 15.2 Å². The fraction of sp³-hybridized carbons (Fsp3) is 0.250. The lowest BCUT2D eigenvalue weighted by molar-refractivity contribution is 0.292. The molecule has 0 fully saturated rings. The Balaban J connectivity index is 2.22. The number of hydrogen-bond acceptors (Lipinski definition) is 3. The zero-order valence-corrected chi connectivity index (χ0v) is 15.1. The van der Waals surface area contributed by atoms with Gasteiger partial charge in [0, 0.05) is 26.1 Å². The van der Waals surface area contributed by atoms with Crippen LogP contribution in [0.4, 0.5) is 0 Å². The molecule has 2 aromatic rings. The van der Waals surface area contributed by atoms with Gasteiger partial charge in [-0.3, -0.25) is 0 Å². The third kappa shape index (κ3) is 4.22. The summed E-state index contributed by atoms with van der Waals surface area (Å²) < 4.78 is 13.3. The Bertz CT molecular complexity index is 630. The van der Waals surface area contributed by atoms with Crippen LogP contribution in [0, 0.1) is 0 Å². The molecule has 2 aromatic carbocycles. The van der Waals surface area contributed by atoms with Crippen LogP contribution in [0.15, 0.2) is 45.3 Å². The van der Waals surface area contributed by atoms with Gasteiger partial charge in [-0.25, -0.2) is 0 Å². The van der Waals surface area contributed by atoms with Crippen LogP contribution in [0.1, 0.15) is 24.1 Å². The van der Waals surface area contributed by atoms with Crippen molar-refractivity contribution >= 4 is 31.9 Å². The lowest BCUT2D eigenvalue weighted by atomic mass is 10.1. The van der Waals surface area contributed by atoms with Crippen LogP contribution in [-0.2, 0) is 6.61 Å². The van der Waals surface area contributed by atoms with Gasteiger partial charge in [-0.15, -0.1) is 0 Å². The number of nitrogens with two attached hydrogens (primary N) is 1. The maximum Gasteiger partial charge on any atom is 0.125 e. The van der Waals surface area contributed by atoms with Gasteiger partial charge in [0.05, 0.1) is 7.11 Å². The first-order valence-corrected chi connectivity index (χ1v) is 8.10. The lowest BCUT2D eigenvalue weighted by Gasteiger charge is -2.16. The molecule has 0 bridgehead atoms. The molecule has 0 aliphatic heterocycles. The van der Waals surface area contributed by atoms with E-state index >= 15 is 0 Å². The first-order valence-electron chi connectivity index (χ1n) is 6.51. The number of rotatable bonds is 5. The van der Waals surface area contributed by atoms with Crippen LogP contribution in [-0.4, -0.2) is 7.11 Å². The normalized spacial score (nSPS) is 12.0. The molecule has 0 aliphatic rings. The largest absolute Gasteiger partial charge is 0.496 e. The van der Waals surface area contributed by atoms with Crippen molar-refractivity contribution in [3.8, 4) is 11.5 Å². The number of hydrogen-bond donors (Lipinski definition) is 1. The summed E-state index contributed by atoms with van der Waals surface area (Å²) in [5.74, 6) is 1.59. The highest BCUT2D eigenvalue weighted by Gasteiger charge is 2.11. The molecule has 0 spiro atoms. The highest BCUT2D eigenvalue weighted by Crippen LogP contribution is 2.30. The van der Waals surface area contributed by atoms with Gasteiger partial charge in [0.1, 0.15) is 18.1 Å². The molecule has 0 aromatic heterocycles. The predicted molar refractivity (Wildman–Crippen MR) is 91.8 cm³/mol. The summed E-state index contributed by atoms with van der Waals surface area (Å²) in [6.07, 6.45) is 0. The van der Waals surface area contributed by atoms with E-state index in [1.165, 1.54) is 0 Å². The maximum absolute atomic E-state index is 6.00. The van der Waals surface area contributed by atoms with Crippen molar-refractivity contribution < 1.29 is 9.47 Å². The van der Waals surface area contributed by atoms with Gasteiger partial charge < -0.3 is 15.2 Å². The number of methoxy groups -OCH3 is 1. The van der Waals surface area contributed by atoms with Crippen LogP contribution in [0.3, 0.4) is 0 Å². The van der Waals surface area contributed by atoms with Crippen molar-refractivity contribution in [2.24, 2.45) is 5.73 Å². The molecule has 21 heavy (non-hydrogen) atoms. The maximum atomic E-state index is 6.00. The molecule has 0 saturated heterocycles. The van der Waals surface area contributed by atoms with E-state index in [1.807, 2.05) is 43.3 Å². The molecule has 5 heteroatoms. The molecule has 112 valence electrons. The molecule has 0 aliphatic carbocycles. The average molecular weight is 415 g/mol. The molecule has 0 heterocycles. The van der Waals surface area contributed by atoms with Gasteiger partial charge in [-0.05, 0) is 43.3 Å². The molecule has 0 amide bonds. The van der Waals surface area contributed by atoms with E-state index in [9.17, 15) is 0 Å². The summed E-state index contributed by atoms with van der Waals surface area (Å²) in [6.45, 7) is 2.36. The van der Waals surface area contributed by atoms with Crippen LogP contribution in [0.2, 0.25) is 0 Å². The van der Waals surface area contributed by atoms with Crippen LogP contribution in [0.5, 0.6) is 11.5 Å². The molecule has 0 radical (unpaired) electrons. The average Bonchev–Trinajstić information content (AvgIpc) is 2.46. The van der Waals surface area contributed by atoms with E-state index in [0.717, 1.165) is 31.6 Å². The Kier molecular flexibility index (Phi) is 5.67. The van der Waals surface area contributed by atoms with Crippen molar-refractivity contribution in [2.75, 3.05) is 7.11 Å². The number of ether oxygens (including phenoxy) is 2. The molecule has 2 N–H and O–H groups in total. The quantitative estimate of drug-likeness (QED) is 0.762. The summed E-state index contributed by atoms with van der Waals surface area (Å²) >= 11 is 6.92. The standard InChI is InChI=1S/C16H17Br2NO2/c1-10(19)14-8-13(18)4-6-16(14)21-9-11-7-12(17)3-5-15(11)20-2/h3-8,10H,9,19H2,1-2H3/t10-/m0/s1. The smallest absolute Gasteiger partial charge is 0.125 e. The second-order valence-electron chi connectivity index (χ2n) is 4.72. The Morgan fingerprint density at radius 1 is 1.05 bits per heavy atom. The monoisotopic (exact) mass is 413 g/mol. The predicted octanol–water partition coefficient (Wildman–Crippen LogP) is 4.82. The van der Waals surface area contributed by atoms with E-state index in [2.05, 4.69) is 31.9 Å². The van der Waals surface area contributed by atoms with Gasteiger partial charge in [0.25, 0.3) is 0 Å². The summed E-state index contributed by atoms with van der Waals surface area (Å²) in [4.78, 5) is 0. The summed E-state index contributed by atoms with van der Waals surface area (Å²) in [6, 6.07) is 11.6. The third-order valence-electron chi connectivity index (χ3n) is 3.09. The fourth-order valence-corrected chi connectivity index (χ4v) is 2.81. The molecule has 0 unspecified atom stereocenters. The fourth-order valence-electron chi connectivity index (χ4n) is 2.02. The molecule has 2 rings (SSSR count). The van der Waals surface area contributed by atoms with Gasteiger partial charge in [-0.2, -0.15) is 0 Å². The van der Waals surface area contributed by atoms with Gasteiger partial charge >= 0.3 is 0 Å². The Hall–Kier alpha value is -1.04. The van der Waals surface area contributed by atoms with Crippen molar-refractivity contribution in [3.63, 3.8) is 0 Å². The highest BCUT2D eigenvalue weighted by atomic mass is 79.9. The first kappa shape index (κ1) is 16.3. The van der Waals surface area contributed by atoms with Crippen molar-refractivity contribution in [2.45, 2.75) is 19.6 Å². The SMILES string of the molecule is COc1ccc(Br)cc1COc1ccc(Br)cc1[C@H](C)N. The van der Waals surface area contributed by atoms with Crippen LogP contribution >= 0.6 is 31.9 Å². The Morgan fingerprint density at radius 2 is 1.67 bits per heavy atom. The number of benzene rings is 2. The lowest BCUT2D eigenvalue weighted by Crippen LogP contribution is -2.08. The molecule has 1 atom stereocenters. The van der Waals surface area contributed by atoms with E-state index in [1.54, 1.807) is 7.11 Å². The highest BCUT2D eigenvalue weighted by molar-refractivity contribution is 9.10. The van der Waals surface area contributed by atoms with E-state index in [-0.39, 0.29) is 6.04 Å². The topological polar surface area (TPSA) is 44.5 Å². The molecule has 3 nitrogen and oxygen atoms in total. The van der Waals surface area contributed by atoms with Gasteiger partial charge in [0.15, 0.2) is 0 Å².